The largest absolute Gasteiger partial charge is 0.459 e. The number of aromatic nitrogens is 1. The monoisotopic (exact) mass is 516 g/mol. The summed E-state index contributed by atoms with van der Waals surface area (Å²) in [5.74, 6) is -0.919. The number of sulfonamides is 1. The fourth-order valence-corrected chi connectivity index (χ4v) is 6.26. The third kappa shape index (κ3) is 6.38. The molecule has 10 nitrogen and oxygen atoms in total. The molecule has 0 bridgehead atoms. The highest BCUT2D eigenvalue weighted by Crippen LogP contribution is 2.28. The van der Waals surface area contributed by atoms with Gasteiger partial charge in [-0.2, -0.15) is 4.31 Å². The number of pyridine rings is 1. The van der Waals surface area contributed by atoms with Crippen LogP contribution < -0.4 is 10.6 Å². The Bertz CT molecular complexity index is 1150. The molecule has 2 N–H and O–H groups in total. The van der Waals surface area contributed by atoms with Gasteiger partial charge in [-0.05, 0) is 49.4 Å². The van der Waals surface area contributed by atoms with Crippen LogP contribution in [-0.4, -0.2) is 60.5 Å². The number of nitrogens with one attached hydrogen (secondary N) is 2. The predicted octanol–water partition coefficient (Wildman–Crippen LogP) is 2.28. The number of amides is 2. The van der Waals surface area contributed by atoms with Crippen molar-refractivity contribution in [2.24, 2.45) is 5.92 Å². The molecule has 2 aromatic heterocycles. The SMILES string of the molecule is O=C(N[C@@H](CC1CCCCC1)C(=O)N[C@@H]1CCCN(S(=O)(=O)c2ccccn2)CC1=O)c1ccco1. The number of Topliss-reactive ketones (excluding diaryl/α,β-unsaturated/α-hetero) is 1. The summed E-state index contributed by atoms with van der Waals surface area (Å²) in [6.45, 7) is -0.201. The second kappa shape index (κ2) is 11.8. The second-order valence-corrected chi connectivity index (χ2v) is 11.3. The van der Waals surface area contributed by atoms with Crippen LogP contribution in [0.5, 0.6) is 0 Å². The van der Waals surface area contributed by atoms with Crippen molar-refractivity contribution < 1.29 is 27.2 Å². The lowest BCUT2D eigenvalue weighted by atomic mass is 9.84. The molecule has 0 aromatic carbocycles. The Morgan fingerprint density at radius 1 is 1.08 bits per heavy atom. The van der Waals surface area contributed by atoms with Crippen molar-refractivity contribution in [2.75, 3.05) is 13.1 Å². The van der Waals surface area contributed by atoms with E-state index in [2.05, 4.69) is 15.6 Å². The first-order chi connectivity index (χ1) is 17.3. The molecule has 1 saturated heterocycles. The molecule has 2 aliphatic rings. The van der Waals surface area contributed by atoms with Gasteiger partial charge in [-0.25, -0.2) is 13.4 Å². The first-order valence-corrected chi connectivity index (χ1v) is 13.9. The number of ketones is 1. The zero-order chi connectivity index (χ0) is 25.5. The van der Waals surface area contributed by atoms with Crippen LogP contribution in [0.1, 0.15) is 61.9 Å². The summed E-state index contributed by atoms with van der Waals surface area (Å²) in [7, 11) is -3.93. The van der Waals surface area contributed by atoms with E-state index in [1.807, 2.05) is 0 Å². The Morgan fingerprint density at radius 3 is 2.58 bits per heavy atom. The summed E-state index contributed by atoms with van der Waals surface area (Å²) in [4.78, 5) is 42.9. The molecule has 2 amide bonds. The Kier molecular flexibility index (Phi) is 8.52. The van der Waals surface area contributed by atoms with E-state index in [9.17, 15) is 22.8 Å². The summed E-state index contributed by atoms with van der Waals surface area (Å²) in [6.07, 6.45) is 9.28. The molecule has 1 saturated carbocycles. The van der Waals surface area contributed by atoms with Gasteiger partial charge in [-0.15, -0.1) is 0 Å². The molecule has 1 aliphatic heterocycles. The van der Waals surface area contributed by atoms with E-state index in [4.69, 9.17) is 4.42 Å². The Hall–Kier alpha value is -3.05. The maximum absolute atomic E-state index is 13.3. The summed E-state index contributed by atoms with van der Waals surface area (Å²) in [5.41, 5.74) is 0. The van der Waals surface area contributed by atoms with Crippen molar-refractivity contribution in [3.8, 4) is 0 Å². The van der Waals surface area contributed by atoms with Crippen molar-refractivity contribution in [1.29, 1.82) is 0 Å². The molecule has 2 atom stereocenters. The summed E-state index contributed by atoms with van der Waals surface area (Å²) in [5, 5.41) is 5.44. The molecule has 11 heteroatoms. The molecule has 0 radical (unpaired) electrons. The molecule has 194 valence electrons. The van der Waals surface area contributed by atoms with E-state index < -0.39 is 39.7 Å². The summed E-state index contributed by atoms with van der Waals surface area (Å²) in [6, 6.07) is 6.04. The summed E-state index contributed by atoms with van der Waals surface area (Å²) < 4.78 is 32.2. The van der Waals surface area contributed by atoms with Gasteiger partial charge in [0.05, 0.1) is 18.8 Å². The van der Waals surface area contributed by atoms with E-state index >= 15 is 0 Å². The second-order valence-electron chi connectivity index (χ2n) is 9.42. The van der Waals surface area contributed by atoms with Gasteiger partial charge in [0.2, 0.25) is 5.91 Å². The molecule has 0 unspecified atom stereocenters. The van der Waals surface area contributed by atoms with Crippen LogP contribution in [0.25, 0.3) is 0 Å². The highest BCUT2D eigenvalue weighted by molar-refractivity contribution is 7.89. The van der Waals surface area contributed by atoms with Crippen molar-refractivity contribution in [2.45, 2.75) is 68.5 Å². The van der Waals surface area contributed by atoms with E-state index in [0.29, 0.717) is 25.2 Å². The van der Waals surface area contributed by atoms with Crippen LogP contribution in [0.15, 0.2) is 52.2 Å². The quantitative estimate of drug-likeness (QED) is 0.549. The van der Waals surface area contributed by atoms with Crippen molar-refractivity contribution >= 4 is 27.6 Å². The highest BCUT2D eigenvalue weighted by Gasteiger charge is 2.35. The topological polar surface area (TPSA) is 139 Å². The molecule has 1 aliphatic carbocycles. The number of hydrogen-bond acceptors (Lipinski definition) is 7. The normalized spacial score (nSPS) is 20.9. The Morgan fingerprint density at radius 2 is 1.89 bits per heavy atom. The van der Waals surface area contributed by atoms with E-state index in [1.165, 1.54) is 31.0 Å². The number of carbonyl (C=O) groups excluding carboxylic acids is 3. The third-order valence-electron chi connectivity index (χ3n) is 6.84. The minimum Gasteiger partial charge on any atom is -0.459 e. The number of rotatable bonds is 8. The maximum atomic E-state index is 13.3. The van der Waals surface area contributed by atoms with Gasteiger partial charge in [-0.3, -0.25) is 14.4 Å². The molecular weight excluding hydrogens is 484 g/mol. The minimum absolute atomic E-state index is 0.109. The van der Waals surface area contributed by atoms with Gasteiger partial charge in [0, 0.05) is 12.7 Å². The third-order valence-corrected chi connectivity index (χ3v) is 8.60. The van der Waals surface area contributed by atoms with Crippen LogP contribution in [0.3, 0.4) is 0 Å². The maximum Gasteiger partial charge on any atom is 0.287 e. The molecule has 2 aromatic rings. The molecular formula is C25H32N4O6S. The predicted molar refractivity (Wildman–Crippen MR) is 130 cm³/mol. The van der Waals surface area contributed by atoms with Crippen LogP contribution >= 0.6 is 0 Å². The average Bonchev–Trinajstić information content (AvgIpc) is 3.36. The molecule has 36 heavy (non-hydrogen) atoms. The Labute approximate surface area is 210 Å². The van der Waals surface area contributed by atoms with Crippen LogP contribution in [0.4, 0.5) is 0 Å². The smallest absolute Gasteiger partial charge is 0.287 e. The minimum atomic E-state index is -3.93. The zero-order valence-electron chi connectivity index (χ0n) is 20.1. The van der Waals surface area contributed by atoms with Gasteiger partial charge in [0.15, 0.2) is 16.6 Å². The van der Waals surface area contributed by atoms with Crippen molar-refractivity contribution in [3.05, 3.63) is 48.6 Å². The van der Waals surface area contributed by atoms with Gasteiger partial charge < -0.3 is 15.1 Å². The number of hydrogen-bond donors (Lipinski definition) is 2. The van der Waals surface area contributed by atoms with Gasteiger partial charge >= 0.3 is 0 Å². The van der Waals surface area contributed by atoms with E-state index in [0.717, 1.165) is 30.0 Å². The molecule has 3 heterocycles. The van der Waals surface area contributed by atoms with Gasteiger partial charge in [0.1, 0.15) is 6.04 Å². The van der Waals surface area contributed by atoms with E-state index in [-0.39, 0.29) is 23.9 Å². The number of furan rings is 1. The zero-order valence-corrected chi connectivity index (χ0v) is 20.9. The fourth-order valence-electron chi connectivity index (χ4n) is 4.88. The lowest BCUT2D eigenvalue weighted by Crippen LogP contribution is -2.53. The fraction of sp³-hybridized carbons (Fsp3) is 0.520. The lowest BCUT2D eigenvalue weighted by molar-refractivity contribution is -0.129. The van der Waals surface area contributed by atoms with Gasteiger partial charge in [0.25, 0.3) is 15.9 Å². The van der Waals surface area contributed by atoms with Crippen LogP contribution in [0.2, 0.25) is 0 Å². The Balaban J connectivity index is 1.43. The first kappa shape index (κ1) is 26.0. The van der Waals surface area contributed by atoms with Gasteiger partial charge in [-0.1, -0.05) is 38.2 Å². The van der Waals surface area contributed by atoms with Crippen LogP contribution in [0, 0.1) is 5.92 Å². The lowest BCUT2D eigenvalue weighted by Gasteiger charge is -2.27. The van der Waals surface area contributed by atoms with Crippen LogP contribution in [-0.2, 0) is 19.6 Å². The van der Waals surface area contributed by atoms with E-state index in [1.54, 1.807) is 18.2 Å². The molecule has 0 spiro atoms. The molecule has 2 fully saturated rings. The van der Waals surface area contributed by atoms with Crippen molar-refractivity contribution in [3.63, 3.8) is 0 Å². The number of carbonyl (C=O) groups is 3. The first-order valence-electron chi connectivity index (χ1n) is 12.4. The van der Waals surface area contributed by atoms with Crippen molar-refractivity contribution in [1.82, 2.24) is 19.9 Å². The molecule has 4 rings (SSSR count). The standard InChI is InChI=1S/C25H32N4O6S/c30-21-17-29(36(33,34)23-12-4-5-13-26-23)14-6-10-19(21)27-24(31)20(16-18-8-2-1-3-9-18)28-25(32)22-11-7-15-35-22/h4-5,7,11-13,15,18-20H,1-3,6,8-10,14,16-17H2,(H,27,31)(H,28,32)/t19-,20+/m1/s1. The summed E-state index contributed by atoms with van der Waals surface area (Å²) >= 11 is 0. The number of nitrogens with zero attached hydrogens (tertiary/aromatic N) is 2. The average molecular weight is 517 g/mol. The highest BCUT2D eigenvalue weighted by atomic mass is 32.2.